The lowest BCUT2D eigenvalue weighted by molar-refractivity contribution is 0.627. The SMILES string of the molecule is CCN(CCN)c1cc2c(C(C)Nc3ccc(F)cc3C#N)cc(C)cc2c(=O)n1C. The Hall–Kier alpha value is -3.37. The summed E-state index contributed by atoms with van der Waals surface area (Å²) in [6.07, 6.45) is 0. The van der Waals surface area contributed by atoms with Crippen molar-refractivity contribution in [1.82, 2.24) is 4.57 Å². The summed E-state index contributed by atoms with van der Waals surface area (Å²) in [5, 5.41) is 14.2. The highest BCUT2D eigenvalue weighted by molar-refractivity contribution is 5.89. The summed E-state index contributed by atoms with van der Waals surface area (Å²) in [6, 6.07) is 11.9. The molecule has 162 valence electrons. The number of hydrogen-bond donors (Lipinski definition) is 2. The van der Waals surface area contributed by atoms with Crippen molar-refractivity contribution >= 4 is 22.3 Å². The van der Waals surface area contributed by atoms with Crippen LogP contribution in [-0.4, -0.2) is 24.2 Å². The number of nitriles is 1. The van der Waals surface area contributed by atoms with Gasteiger partial charge in [-0.15, -0.1) is 0 Å². The average molecular weight is 422 g/mol. The first-order valence-corrected chi connectivity index (χ1v) is 10.4. The summed E-state index contributed by atoms with van der Waals surface area (Å²) in [4.78, 5) is 15.3. The summed E-state index contributed by atoms with van der Waals surface area (Å²) in [5.41, 5.74) is 8.39. The van der Waals surface area contributed by atoms with E-state index in [9.17, 15) is 14.4 Å². The fourth-order valence-corrected chi connectivity index (χ4v) is 3.97. The van der Waals surface area contributed by atoms with E-state index in [-0.39, 0.29) is 17.2 Å². The molecule has 0 aliphatic carbocycles. The van der Waals surface area contributed by atoms with Gasteiger partial charge in [0, 0.05) is 38.1 Å². The summed E-state index contributed by atoms with van der Waals surface area (Å²) in [5.74, 6) is 0.353. The van der Waals surface area contributed by atoms with E-state index in [1.54, 1.807) is 17.7 Å². The number of aryl methyl sites for hydroxylation is 1. The maximum Gasteiger partial charge on any atom is 0.259 e. The molecule has 0 saturated heterocycles. The molecule has 31 heavy (non-hydrogen) atoms. The molecule has 3 rings (SSSR count). The van der Waals surface area contributed by atoms with Crippen LogP contribution in [0.3, 0.4) is 0 Å². The summed E-state index contributed by atoms with van der Waals surface area (Å²) in [6.45, 7) is 7.81. The molecule has 0 aliphatic rings. The Morgan fingerprint density at radius 3 is 2.65 bits per heavy atom. The Labute approximate surface area is 181 Å². The van der Waals surface area contributed by atoms with Crippen LogP contribution in [-0.2, 0) is 7.05 Å². The monoisotopic (exact) mass is 421 g/mol. The number of fused-ring (bicyclic) bond motifs is 1. The van der Waals surface area contributed by atoms with E-state index in [0.717, 1.165) is 28.9 Å². The second-order valence-corrected chi connectivity index (χ2v) is 7.72. The van der Waals surface area contributed by atoms with E-state index < -0.39 is 5.82 Å². The van der Waals surface area contributed by atoms with Crippen LogP contribution in [0, 0.1) is 24.1 Å². The van der Waals surface area contributed by atoms with E-state index >= 15 is 0 Å². The molecule has 0 radical (unpaired) electrons. The van der Waals surface area contributed by atoms with Gasteiger partial charge >= 0.3 is 0 Å². The molecular weight excluding hydrogens is 393 g/mol. The zero-order valence-electron chi connectivity index (χ0n) is 18.4. The molecule has 1 heterocycles. The minimum atomic E-state index is -0.455. The molecule has 6 nitrogen and oxygen atoms in total. The van der Waals surface area contributed by atoms with Crippen molar-refractivity contribution in [3.05, 3.63) is 69.3 Å². The van der Waals surface area contributed by atoms with Gasteiger partial charge in [0.25, 0.3) is 5.56 Å². The van der Waals surface area contributed by atoms with Gasteiger partial charge in [-0.05, 0) is 67.6 Å². The second kappa shape index (κ2) is 9.19. The highest BCUT2D eigenvalue weighted by Crippen LogP contribution is 2.30. The van der Waals surface area contributed by atoms with E-state index in [0.29, 0.717) is 24.2 Å². The Bertz CT molecular complexity index is 1210. The van der Waals surface area contributed by atoms with Gasteiger partial charge < -0.3 is 16.0 Å². The number of rotatable bonds is 7. The fourth-order valence-electron chi connectivity index (χ4n) is 3.97. The first-order chi connectivity index (χ1) is 14.8. The Morgan fingerprint density at radius 1 is 1.26 bits per heavy atom. The lowest BCUT2D eigenvalue weighted by Crippen LogP contribution is -2.34. The van der Waals surface area contributed by atoms with E-state index in [1.807, 2.05) is 45.0 Å². The highest BCUT2D eigenvalue weighted by Gasteiger charge is 2.18. The molecule has 1 atom stereocenters. The van der Waals surface area contributed by atoms with Crippen LogP contribution in [0.4, 0.5) is 15.9 Å². The number of nitrogens with zero attached hydrogens (tertiary/aromatic N) is 3. The normalized spacial score (nSPS) is 11.9. The van der Waals surface area contributed by atoms with Gasteiger partial charge in [0.15, 0.2) is 0 Å². The van der Waals surface area contributed by atoms with Crippen molar-refractivity contribution in [3.63, 3.8) is 0 Å². The predicted octanol–water partition coefficient (Wildman–Crippen LogP) is 3.82. The topological polar surface area (TPSA) is 87.1 Å². The van der Waals surface area contributed by atoms with Crippen molar-refractivity contribution in [2.75, 3.05) is 29.9 Å². The molecule has 0 spiro atoms. The van der Waals surface area contributed by atoms with Gasteiger partial charge in [0.05, 0.1) is 11.3 Å². The van der Waals surface area contributed by atoms with Crippen LogP contribution in [0.5, 0.6) is 0 Å². The van der Waals surface area contributed by atoms with Gasteiger partial charge in [0.1, 0.15) is 17.7 Å². The maximum atomic E-state index is 13.5. The van der Waals surface area contributed by atoms with Gasteiger partial charge in [-0.2, -0.15) is 5.26 Å². The third kappa shape index (κ3) is 4.39. The Balaban J connectivity index is 2.17. The van der Waals surface area contributed by atoms with Crippen LogP contribution in [0.2, 0.25) is 0 Å². The molecular formula is C24H28FN5O. The molecule has 3 aromatic rings. The van der Waals surface area contributed by atoms with Gasteiger partial charge in [-0.1, -0.05) is 6.07 Å². The molecule has 0 aliphatic heterocycles. The highest BCUT2D eigenvalue weighted by atomic mass is 19.1. The maximum absolute atomic E-state index is 13.5. The van der Waals surface area contributed by atoms with Crippen LogP contribution < -0.4 is 21.5 Å². The van der Waals surface area contributed by atoms with Crippen LogP contribution >= 0.6 is 0 Å². The summed E-state index contributed by atoms with van der Waals surface area (Å²) >= 11 is 0. The number of hydrogen-bond acceptors (Lipinski definition) is 5. The van der Waals surface area contributed by atoms with Crippen LogP contribution in [0.1, 0.15) is 36.6 Å². The van der Waals surface area contributed by atoms with Crippen molar-refractivity contribution in [1.29, 1.82) is 5.26 Å². The van der Waals surface area contributed by atoms with E-state index in [1.165, 1.54) is 12.1 Å². The average Bonchev–Trinajstić information content (AvgIpc) is 2.75. The number of benzene rings is 2. The largest absolute Gasteiger partial charge is 0.377 e. The first-order valence-electron chi connectivity index (χ1n) is 10.4. The third-order valence-corrected chi connectivity index (χ3v) is 5.55. The number of pyridine rings is 1. The molecule has 2 aromatic carbocycles. The number of anilines is 2. The lowest BCUT2D eigenvalue weighted by Gasteiger charge is -2.26. The number of nitrogens with one attached hydrogen (secondary N) is 1. The van der Waals surface area contributed by atoms with Crippen molar-refractivity contribution in [2.24, 2.45) is 12.8 Å². The zero-order valence-corrected chi connectivity index (χ0v) is 18.4. The minimum Gasteiger partial charge on any atom is -0.377 e. The quantitative estimate of drug-likeness (QED) is 0.606. The van der Waals surface area contributed by atoms with E-state index in [4.69, 9.17) is 5.73 Å². The molecule has 0 amide bonds. The Kier molecular flexibility index (Phi) is 6.62. The summed E-state index contributed by atoms with van der Waals surface area (Å²) in [7, 11) is 1.78. The third-order valence-electron chi connectivity index (χ3n) is 5.55. The van der Waals surface area contributed by atoms with Crippen molar-refractivity contribution in [3.8, 4) is 6.07 Å². The zero-order chi connectivity index (χ0) is 22.7. The second-order valence-electron chi connectivity index (χ2n) is 7.72. The molecule has 1 unspecified atom stereocenters. The van der Waals surface area contributed by atoms with Gasteiger partial charge in [-0.3, -0.25) is 9.36 Å². The Morgan fingerprint density at radius 2 is 2.00 bits per heavy atom. The number of likely N-dealkylation sites (N-methyl/N-ethyl adjacent to an activating group) is 1. The fraction of sp³-hybridized carbons (Fsp3) is 0.333. The van der Waals surface area contributed by atoms with Gasteiger partial charge in [0.2, 0.25) is 0 Å². The predicted molar refractivity (Wildman–Crippen MR) is 124 cm³/mol. The first kappa shape index (κ1) is 22.3. The van der Waals surface area contributed by atoms with Crippen molar-refractivity contribution < 1.29 is 4.39 Å². The number of aromatic nitrogens is 1. The number of nitrogens with two attached hydrogens (primary N) is 1. The lowest BCUT2D eigenvalue weighted by atomic mass is 9.97. The standard InChI is InChI=1S/C24H28FN5O/c1-5-30(9-8-26)23-13-20-19(10-15(2)11-21(20)24(31)29(23)4)16(3)28-22-7-6-18(25)12-17(22)14-27/h6-7,10-13,16,28H,5,8-9,26H2,1-4H3. The minimum absolute atomic E-state index is 0.0698. The van der Waals surface area contributed by atoms with Crippen LogP contribution in [0.25, 0.3) is 10.8 Å². The smallest absolute Gasteiger partial charge is 0.259 e. The van der Waals surface area contributed by atoms with Crippen LogP contribution in [0.15, 0.2) is 41.2 Å². The molecule has 0 saturated carbocycles. The van der Waals surface area contributed by atoms with Gasteiger partial charge in [-0.25, -0.2) is 4.39 Å². The number of halogens is 1. The molecule has 1 aromatic heterocycles. The van der Waals surface area contributed by atoms with E-state index in [2.05, 4.69) is 10.2 Å². The molecule has 0 fully saturated rings. The summed E-state index contributed by atoms with van der Waals surface area (Å²) < 4.78 is 15.2. The van der Waals surface area contributed by atoms with Crippen molar-refractivity contribution in [2.45, 2.75) is 26.8 Å². The molecule has 0 bridgehead atoms. The molecule has 3 N–H and O–H groups in total. The molecule has 7 heteroatoms.